The van der Waals surface area contributed by atoms with E-state index in [1.54, 1.807) is 12.1 Å². The van der Waals surface area contributed by atoms with Crippen molar-refractivity contribution in [3.05, 3.63) is 27.4 Å². The highest BCUT2D eigenvalue weighted by Gasteiger charge is 2.30. The van der Waals surface area contributed by atoms with Crippen molar-refractivity contribution in [2.24, 2.45) is 0 Å². The number of aliphatic carboxylic acids is 1. The Bertz CT molecular complexity index is 512. The fourth-order valence-electron chi connectivity index (χ4n) is 2.12. The number of carbonyl (C=O) groups excluding carboxylic acids is 1. The first kappa shape index (κ1) is 14.1. The topological polar surface area (TPSA) is 57.6 Å². The summed E-state index contributed by atoms with van der Waals surface area (Å²) < 4.78 is 0.661. The summed E-state index contributed by atoms with van der Waals surface area (Å²) in [6.07, 6.45) is 5.33. The molecule has 1 aromatic heterocycles. The summed E-state index contributed by atoms with van der Waals surface area (Å²) in [6, 6.07) is 2.89. The summed E-state index contributed by atoms with van der Waals surface area (Å²) in [4.78, 5) is 25.5. The molecule has 0 spiro atoms. The molecule has 1 saturated heterocycles. The largest absolute Gasteiger partial charge is 0.480 e. The van der Waals surface area contributed by atoms with Crippen LogP contribution in [0, 0.1) is 0 Å². The first-order chi connectivity index (χ1) is 9.08. The Labute approximate surface area is 120 Å². The van der Waals surface area contributed by atoms with Crippen molar-refractivity contribution in [1.82, 2.24) is 4.90 Å². The van der Waals surface area contributed by atoms with Crippen molar-refractivity contribution >= 4 is 40.9 Å². The number of carbonyl (C=O) groups is 2. The van der Waals surface area contributed by atoms with E-state index >= 15 is 0 Å². The smallest absolute Gasteiger partial charge is 0.326 e. The number of hydrogen-bond donors (Lipinski definition) is 1. The molecule has 19 heavy (non-hydrogen) atoms. The molecule has 0 bridgehead atoms. The van der Waals surface area contributed by atoms with Gasteiger partial charge in [-0.25, -0.2) is 4.79 Å². The maximum atomic E-state index is 12.0. The van der Waals surface area contributed by atoms with Gasteiger partial charge in [0.1, 0.15) is 6.04 Å². The van der Waals surface area contributed by atoms with Crippen LogP contribution in [0.15, 0.2) is 18.2 Å². The monoisotopic (exact) mass is 299 g/mol. The van der Waals surface area contributed by atoms with Gasteiger partial charge in [0.2, 0.25) is 5.91 Å². The maximum Gasteiger partial charge on any atom is 0.326 e. The lowest BCUT2D eigenvalue weighted by atomic mass is 10.0. The molecule has 0 radical (unpaired) electrons. The van der Waals surface area contributed by atoms with Crippen molar-refractivity contribution in [2.45, 2.75) is 25.3 Å². The predicted molar refractivity (Wildman–Crippen MR) is 75.4 cm³/mol. The maximum absolute atomic E-state index is 12.0. The van der Waals surface area contributed by atoms with E-state index in [9.17, 15) is 9.59 Å². The summed E-state index contributed by atoms with van der Waals surface area (Å²) in [7, 11) is 0. The lowest BCUT2D eigenvalue weighted by molar-refractivity contribution is -0.150. The third-order valence-corrected chi connectivity index (χ3v) is 4.25. The minimum atomic E-state index is -0.930. The van der Waals surface area contributed by atoms with Gasteiger partial charge in [-0.1, -0.05) is 11.6 Å². The number of hydrogen-bond acceptors (Lipinski definition) is 3. The highest BCUT2D eigenvalue weighted by atomic mass is 35.5. The molecule has 0 aromatic carbocycles. The zero-order chi connectivity index (χ0) is 13.8. The highest BCUT2D eigenvalue weighted by Crippen LogP contribution is 2.23. The summed E-state index contributed by atoms with van der Waals surface area (Å²) in [5.41, 5.74) is 0. The first-order valence-electron chi connectivity index (χ1n) is 6.05. The molecule has 0 saturated carbocycles. The minimum absolute atomic E-state index is 0.253. The summed E-state index contributed by atoms with van der Waals surface area (Å²) in [5.74, 6) is -1.18. The molecular formula is C13H14ClNO3S. The SMILES string of the molecule is O=C(O)[C@@H]1CCCCN1C(=O)/C=C/c1ccc(Cl)s1. The van der Waals surface area contributed by atoms with Crippen LogP contribution in [0.4, 0.5) is 0 Å². The summed E-state index contributed by atoms with van der Waals surface area (Å²) >= 11 is 7.18. The molecule has 1 fully saturated rings. The fraction of sp³-hybridized carbons (Fsp3) is 0.385. The van der Waals surface area contributed by atoms with Gasteiger partial charge in [-0.2, -0.15) is 0 Å². The van der Waals surface area contributed by atoms with Gasteiger partial charge in [-0.15, -0.1) is 11.3 Å². The molecule has 4 nitrogen and oxygen atoms in total. The average molecular weight is 300 g/mol. The summed E-state index contributed by atoms with van der Waals surface area (Å²) in [5, 5.41) is 9.11. The minimum Gasteiger partial charge on any atom is -0.480 e. The van der Waals surface area contributed by atoms with E-state index in [2.05, 4.69) is 0 Å². The Morgan fingerprint density at radius 3 is 2.84 bits per heavy atom. The van der Waals surface area contributed by atoms with Crippen LogP contribution >= 0.6 is 22.9 Å². The zero-order valence-corrected chi connectivity index (χ0v) is 11.8. The third-order valence-electron chi connectivity index (χ3n) is 3.06. The fourth-order valence-corrected chi connectivity index (χ4v) is 3.08. The molecule has 2 heterocycles. The van der Waals surface area contributed by atoms with Crippen molar-refractivity contribution in [3.63, 3.8) is 0 Å². The predicted octanol–water partition coefficient (Wildman–Crippen LogP) is 2.88. The number of likely N-dealkylation sites (tertiary alicyclic amines) is 1. The second-order valence-corrected chi connectivity index (χ2v) is 6.10. The average Bonchev–Trinajstić information content (AvgIpc) is 2.81. The van der Waals surface area contributed by atoms with E-state index in [1.165, 1.54) is 22.3 Å². The summed E-state index contributed by atoms with van der Waals surface area (Å²) in [6.45, 7) is 0.505. The van der Waals surface area contributed by atoms with Gasteiger partial charge >= 0.3 is 5.97 Å². The number of nitrogens with zero attached hydrogens (tertiary/aromatic N) is 1. The molecule has 1 aliphatic rings. The van der Waals surface area contributed by atoms with Crippen molar-refractivity contribution < 1.29 is 14.7 Å². The number of rotatable bonds is 3. The zero-order valence-electron chi connectivity index (χ0n) is 10.2. The Hall–Kier alpha value is -1.33. The molecule has 1 amide bonds. The van der Waals surface area contributed by atoms with Crippen LogP contribution in [0.1, 0.15) is 24.1 Å². The molecule has 1 N–H and O–H groups in total. The van der Waals surface area contributed by atoms with Crippen molar-refractivity contribution in [3.8, 4) is 0 Å². The standard InChI is InChI=1S/C13H14ClNO3S/c14-11-6-4-9(19-11)5-7-12(16)15-8-2-1-3-10(15)13(17)18/h4-7,10H,1-3,8H2,(H,17,18)/b7-5+/t10-/m0/s1. The number of amides is 1. The van der Waals surface area contributed by atoms with Crippen molar-refractivity contribution in [2.75, 3.05) is 6.54 Å². The van der Waals surface area contributed by atoms with Crippen LogP contribution in [-0.4, -0.2) is 34.5 Å². The highest BCUT2D eigenvalue weighted by molar-refractivity contribution is 7.17. The van der Waals surface area contributed by atoms with Gasteiger partial charge in [0.15, 0.2) is 0 Å². The Balaban J connectivity index is 2.05. The van der Waals surface area contributed by atoms with Gasteiger partial charge in [-0.3, -0.25) is 4.79 Å². The van der Waals surface area contributed by atoms with E-state index in [-0.39, 0.29) is 5.91 Å². The molecule has 2 rings (SSSR count). The number of carboxylic acid groups (broad SMARTS) is 1. The van der Waals surface area contributed by atoms with Crippen LogP contribution in [-0.2, 0) is 9.59 Å². The lowest BCUT2D eigenvalue weighted by Gasteiger charge is -2.32. The van der Waals surface area contributed by atoms with Crippen LogP contribution in [0.25, 0.3) is 6.08 Å². The van der Waals surface area contributed by atoms with Gasteiger partial charge < -0.3 is 10.0 Å². The van der Waals surface area contributed by atoms with Gasteiger partial charge in [-0.05, 0) is 37.5 Å². The van der Waals surface area contributed by atoms with Gasteiger partial charge in [0, 0.05) is 17.5 Å². The Morgan fingerprint density at radius 2 is 2.21 bits per heavy atom. The molecule has 102 valence electrons. The Morgan fingerprint density at radius 1 is 1.42 bits per heavy atom. The van der Waals surface area contributed by atoms with E-state index in [4.69, 9.17) is 16.7 Å². The number of carboxylic acids is 1. The van der Waals surface area contributed by atoms with Gasteiger partial charge in [0.25, 0.3) is 0 Å². The quantitative estimate of drug-likeness (QED) is 0.873. The molecule has 1 aromatic rings. The number of halogens is 1. The molecule has 1 atom stereocenters. The van der Waals surface area contributed by atoms with Crippen molar-refractivity contribution in [1.29, 1.82) is 0 Å². The number of thiophene rings is 1. The molecule has 6 heteroatoms. The van der Waals surface area contributed by atoms with E-state index in [0.717, 1.165) is 17.7 Å². The van der Waals surface area contributed by atoms with Gasteiger partial charge in [0.05, 0.1) is 4.34 Å². The Kier molecular flexibility index (Phi) is 4.61. The molecular weight excluding hydrogens is 286 g/mol. The van der Waals surface area contributed by atoms with Crippen LogP contribution in [0.5, 0.6) is 0 Å². The number of piperidine rings is 1. The first-order valence-corrected chi connectivity index (χ1v) is 7.24. The van der Waals surface area contributed by atoms with Crippen LogP contribution in [0.3, 0.4) is 0 Å². The van der Waals surface area contributed by atoms with Crippen LogP contribution < -0.4 is 0 Å². The van der Waals surface area contributed by atoms with E-state index < -0.39 is 12.0 Å². The molecule has 0 aliphatic carbocycles. The van der Waals surface area contributed by atoms with E-state index in [0.29, 0.717) is 17.3 Å². The van der Waals surface area contributed by atoms with E-state index in [1.807, 2.05) is 6.07 Å². The molecule has 0 unspecified atom stereocenters. The normalized spacial score (nSPS) is 19.8. The molecule has 1 aliphatic heterocycles. The third kappa shape index (κ3) is 3.58. The van der Waals surface area contributed by atoms with Crippen LogP contribution in [0.2, 0.25) is 4.34 Å². The second-order valence-electron chi connectivity index (χ2n) is 4.36. The second kappa shape index (κ2) is 6.21. The lowest BCUT2D eigenvalue weighted by Crippen LogP contribution is -2.47.